The van der Waals surface area contributed by atoms with Gasteiger partial charge in [-0.2, -0.15) is 0 Å². The normalized spacial score (nSPS) is 12.3. The van der Waals surface area contributed by atoms with Crippen molar-refractivity contribution in [3.05, 3.63) is 35.9 Å². The summed E-state index contributed by atoms with van der Waals surface area (Å²) in [7, 11) is -0.302. The predicted molar refractivity (Wildman–Crippen MR) is 94.7 cm³/mol. The second-order valence-corrected chi connectivity index (χ2v) is 8.81. The predicted octanol–water partition coefficient (Wildman–Crippen LogP) is 1.73. The highest BCUT2D eigenvalue weighted by molar-refractivity contribution is 6.42. The van der Waals surface area contributed by atoms with Gasteiger partial charge in [0.05, 0.1) is 25.6 Å². The molecule has 0 bridgehead atoms. The van der Waals surface area contributed by atoms with E-state index >= 15 is 0 Å². The van der Waals surface area contributed by atoms with Crippen LogP contribution in [0.3, 0.4) is 0 Å². The Balaban J connectivity index is 1.92. The first-order valence-corrected chi connectivity index (χ1v) is 12.0. The molecule has 0 fully saturated rings. The van der Waals surface area contributed by atoms with Gasteiger partial charge in [0.15, 0.2) is 0 Å². The molecule has 0 atom stereocenters. The van der Waals surface area contributed by atoms with Crippen molar-refractivity contribution in [2.24, 2.45) is 0 Å². The van der Waals surface area contributed by atoms with Crippen molar-refractivity contribution in [2.45, 2.75) is 38.3 Å². The van der Waals surface area contributed by atoms with E-state index in [-0.39, 0.29) is 25.0 Å². The van der Waals surface area contributed by atoms with E-state index in [1.165, 1.54) is 17.7 Å². The van der Waals surface area contributed by atoms with Gasteiger partial charge >= 0.3 is 0 Å². The average Bonchev–Trinajstić information content (AvgIpc) is 2.51. The Morgan fingerprint density at radius 1 is 1.00 bits per heavy atom. The van der Waals surface area contributed by atoms with Crippen LogP contribution in [0.15, 0.2) is 30.3 Å². The van der Waals surface area contributed by atoms with Crippen molar-refractivity contribution < 1.29 is 14.2 Å². The molecule has 0 saturated carbocycles. The first-order chi connectivity index (χ1) is 10.4. The minimum absolute atomic E-state index is 0.0583. The Labute approximate surface area is 134 Å². The zero-order chi connectivity index (χ0) is 15.2. The van der Waals surface area contributed by atoms with Crippen LogP contribution in [-0.4, -0.2) is 51.0 Å². The molecule has 0 amide bonds. The van der Waals surface area contributed by atoms with E-state index in [2.05, 4.69) is 30.3 Å². The van der Waals surface area contributed by atoms with Crippen LogP contribution in [0, 0.1) is 0 Å². The molecule has 3 nitrogen and oxygen atoms in total. The van der Waals surface area contributed by atoms with E-state index in [1.54, 1.807) is 0 Å². The molecule has 0 N–H and O–H groups in total. The summed E-state index contributed by atoms with van der Waals surface area (Å²) < 4.78 is 17.0. The second kappa shape index (κ2) is 13.2. The Hall–Kier alpha value is -0.466. The number of rotatable bonds is 13. The highest BCUT2D eigenvalue weighted by Gasteiger charge is 2.07. The molecule has 0 unspecified atom stereocenters. The van der Waals surface area contributed by atoms with Crippen LogP contribution in [0.25, 0.3) is 0 Å². The topological polar surface area (TPSA) is 27.7 Å². The van der Waals surface area contributed by atoms with Gasteiger partial charge in [-0.25, -0.2) is 0 Å². The Morgan fingerprint density at radius 2 is 1.71 bits per heavy atom. The van der Waals surface area contributed by atoms with Gasteiger partial charge in [-0.05, 0) is 25.8 Å². The number of hydrogen-bond acceptors (Lipinski definition) is 3. The van der Waals surface area contributed by atoms with Gasteiger partial charge in [0.25, 0.3) is 0 Å². The number of benzene rings is 1. The lowest BCUT2D eigenvalue weighted by molar-refractivity contribution is -0.0826. The van der Waals surface area contributed by atoms with Crippen molar-refractivity contribution in [1.82, 2.24) is 0 Å². The summed E-state index contributed by atoms with van der Waals surface area (Å²) in [4.78, 5) is 0. The molecule has 21 heavy (non-hydrogen) atoms. The van der Waals surface area contributed by atoms with Crippen molar-refractivity contribution in [3.63, 3.8) is 0 Å². The van der Waals surface area contributed by atoms with Crippen LogP contribution in [0.4, 0.5) is 0 Å². The average molecular weight is 327 g/mol. The quantitative estimate of drug-likeness (QED) is 0.314. The van der Waals surface area contributed by atoms with Gasteiger partial charge in [0.2, 0.25) is 0 Å². The van der Waals surface area contributed by atoms with E-state index in [9.17, 15) is 0 Å². The van der Waals surface area contributed by atoms with E-state index in [0.717, 1.165) is 32.5 Å². The van der Waals surface area contributed by atoms with Gasteiger partial charge in [0, 0.05) is 19.4 Å². The zero-order valence-corrected chi connectivity index (χ0v) is 16.4. The lowest BCUT2D eigenvalue weighted by Gasteiger charge is -2.16. The third-order valence-electron chi connectivity index (χ3n) is 3.31. The van der Waals surface area contributed by atoms with Crippen molar-refractivity contribution >= 4 is 19.0 Å². The summed E-state index contributed by atoms with van der Waals surface area (Å²) in [6.07, 6.45) is 2.04. The van der Waals surface area contributed by atoms with Gasteiger partial charge in [-0.15, -0.1) is 0 Å². The summed E-state index contributed by atoms with van der Waals surface area (Å²) in [5.41, 5.74) is 1.36. The van der Waals surface area contributed by atoms with Crippen molar-refractivity contribution in [1.29, 1.82) is 0 Å². The maximum Gasteiger partial charge on any atom is 0.134 e. The number of hydrogen-bond donors (Lipinski definition) is 0. The van der Waals surface area contributed by atoms with Crippen LogP contribution in [-0.2, 0) is 20.6 Å². The van der Waals surface area contributed by atoms with Gasteiger partial charge in [-0.1, -0.05) is 42.4 Å². The summed E-state index contributed by atoms with van der Waals surface area (Å²) in [5.74, 6) is 0.132. The SMILES string of the molecule is CCOC(OCC)[SiH2]CC[SiH2]COCCc1ccccc1. The molecule has 0 spiro atoms. The van der Waals surface area contributed by atoms with Gasteiger partial charge < -0.3 is 14.2 Å². The maximum absolute atomic E-state index is 5.75. The van der Waals surface area contributed by atoms with Crippen LogP contribution in [0.5, 0.6) is 0 Å². The lowest BCUT2D eigenvalue weighted by atomic mass is 10.2. The molecule has 1 aromatic carbocycles. The molecule has 0 saturated heterocycles. The second-order valence-electron chi connectivity index (χ2n) is 5.04. The van der Waals surface area contributed by atoms with Crippen LogP contribution < -0.4 is 0 Å². The molecular formula is C16H30O3Si2. The van der Waals surface area contributed by atoms with Crippen LogP contribution in [0.2, 0.25) is 12.1 Å². The fraction of sp³-hybridized carbons (Fsp3) is 0.625. The minimum Gasteiger partial charge on any atom is -0.385 e. The molecular weight excluding hydrogens is 296 g/mol. The fourth-order valence-electron chi connectivity index (χ4n) is 2.22. The highest BCUT2D eigenvalue weighted by Crippen LogP contribution is 2.01. The minimum atomic E-state index is -0.243. The molecule has 0 aliphatic heterocycles. The number of ether oxygens (including phenoxy) is 3. The molecule has 5 heteroatoms. The van der Waals surface area contributed by atoms with Crippen LogP contribution >= 0.6 is 0 Å². The van der Waals surface area contributed by atoms with E-state index in [1.807, 2.05) is 13.8 Å². The molecule has 0 aliphatic carbocycles. The van der Waals surface area contributed by atoms with Crippen molar-refractivity contribution in [2.75, 3.05) is 26.1 Å². The first kappa shape index (κ1) is 18.6. The molecule has 1 aromatic rings. The zero-order valence-electron chi connectivity index (χ0n) is 13.6. The standard InChI is InChI=1S/C16H30O3Si2/c1-3-18-16(19-4-2)21-13-12-20-14-17-11-10-15-8-6-5-7-9-15/h5-9,16H,3-4,10-14,20-21H2,1-2H3. The monoisotopic (exact) mass is 326 g/mol. The maximum atomic E-state index is 5.75. The summed E-state index contributed by atoms with van der Waals surface area (Å²) >= 11 is 0. The van der Waals surface area contributed by atoms with Gasteiger partial charge in [0.1, 0.15) is 5.91 Å². The molecule has 0 aromatic heterocycles. The molecule has 0 radical (unpaired) electrons. The lowest BCUT2D eigenvalue weighted by Crippen LogP contribution is -2.24. The Bertz CT molecular complexity index is 330. The largest absolute Gasteiger partial charge is 0.385 e. The van der Waals surface area contributed by atoms with E-state index in [0.29, 0.717) is 0 Å². The highest BCUT2D eigenvalue weighted by atomic mass is 28.2. The molecule has 1 rings (SSSR count). The Morgan fingerprint density at radius 3 is 2.38 bits per heavy atom. The fourth-order valence-corrected chi connectivity index (χ4v) is 6.53. The van der Waals surface area contributed by atoms with E-state index in [4.69, 9.17) is 14.2 Å². The Kier molecular flexibility index (Phi) is 11.7. The summed E-state index contributed by atoms with van der Waals surface area (Å²) in [6, 6.07) is 13.2. The van der Waals surface area contributed by atoms with Crippen LogP contribution in [0.1, 0.15) is 19.4 Å². The van der Waals surface area contributed by atoms with Crippen molar-refractivity contribution in [3.8, 4) is 0 Å². The molecule has 120 valence electrons. The summed E-state index contributed by atoms with van der Waals surface area (Å²) in [5, 5.41) is 0. The third kappa shape index (κ3) is 9.98. The molecule has 0 heterocycles. The van der Waals surface area contributed by atoms with Gasteiger partial charge in [-0.3, -0.25) is 0 Å². The first-order valence-electron chi connectivity index (χ1n) is 8.21. The van der Waals surface area contributed by atoms with E-state index < -0.39 is 0 Å². The smallest absolute Gasteiger partial charge is 0.134 e. The summed E-state index contributed by atoms with van der Waals surface area (Å²) in [6.45, 7) is 6.45. The molecule has 0 aliphatic rings. The third-order valence-corrected chi connectivity index (χ3v) is 7.74.